The molecular formula is C21H26O. The summed E-state index contributed by atoms with van der Waals surface area (Å²) in [5.74, 6) is 2.63. The number of benzene rings is 2. The zero-order valence-electron chi connectivity index (χ0n) is 13.6. The molecule has 0 unspecified atom stereocenters. The number of fused-ring (bicyclic) bond motifs is 1. The molecule has 0 amide bonds. The van der Waals surface area contributed by atoms with Gasteiger partial charge in [0.2, 0.25) is 0 Å². The van der Waals surface area contributed by atoms with Crippen LogP contribution >= 0.6 is 0 Å². The third-order valence-electron chi connectivity index (χ3n) is 5.10. The fourth-order valence-corrected chi connectivity index (χ4v) is 3.65. The average Bonchev–Trinajstić information content (AvgIpc) is 2.59. The molecule has 3 rings (SSSR count). The number of hydrogen-bond acceptors (Lipinski definition) is 1. The zero-order valence-corrected chi connectivity index (χ0v) is 13.6. The molecule has 116 valence electrons. The third-order valence-corrected chi connectivity index (χ3v) is 5.10. The predicted octanol–water partition coefficient (Wildman–Crippen LogP) is 6.09. The van der Waals surface area contributed by atoms with E-state index in [1.54, 1.807) is 6.08 Å². The van der Waals surface area contributed by atoms with Crippen LogP contribution in [0.2, 0.25) is 0 Å². The number of rotatable bonds is 5. The first-order valence-electron chi connectivity index (χ1n) is 8.57. The van der Waals surface area contributed by atoms with E-state index in [-0.39, 0.29) is 0 Å². The van der Waals surface area contributed by atoms with Gasteiger partial charge in [0.05, 0.1) is 0 Å². The van der Waals surface area contributed by atoms with Gasteiger partial charge < -0.3 is 4.74 Å². The summed E-state index contributed by atoms with van der Waals surface area (Å²) in [5.41, 5.74) is 1.52. The van der Waals surface area contributed by atoms with E-state index >= 15 is 0 Å². The van der Waals surface area contributed by atoms with Crippen LogP contribution in [0.25, 0.3) is 10.8 Å². The lowest BCUT2D eigenvalue weighted by molar-refractivity contribution is 0.319. The maximum absolute atomic E-state index is 5.62. The maximum atomic E-state index is 5.62. The van der Waals surface area contributed by atoms with Crippen molar-refractivity contribution in [2.24, 2.45) is 5.92 Å². The van der Waals surface area contributed by atoms with E-state index in [1.165, 1.54) is 48.4 Å². The standard InChI is InChI=1S/C21H26O/c1-3-13-22-21-12-11-19-14-18(9-10-20(19)15-21)17-7-5-16(4-2)6-8-17/h3,9-12,14-17H,1,4-8,13H2,2H3. The number of ether oxygens (including phenoxy) is 1. The smallest absolute Gasteiger partial charge is 0.120 e. The van der Waals surface area contributed by atoms with Gasteiger partial charge in [-0.1, -0.05) is 50.3 Å². The van der Waals surface area contributed by atoms with Crippen molar-refractivity contribution in [3.8, 4) is 5.75 Å². The molecule has 1 aliphatic carbocycles. The van der Waals surface area contributed by atoms with E-state index in [9.17, 15) is 0 Å². The lowest BCUT2D eigenvalue weighted by Crippen LogP contribution is -2.12. The van der Waals surface area contributed by atoms with Crippen molar-refractivity contribution in [1.82, 2.24) is 0 Å². The monoisotopic (exact) mass is 294 g/mol. The second-order valence-electron chi connectivity index (χ2n) is 6.49. The first-order chi connectivity index (χ1) is 10.8. The van der Waals surface area contributed by atoms with E-state index in [4.69, 9.17) is 4.74 Å². The minimum absolute atomic E-state index is 0.560. The molecule has 0 heterocycles. The van der Waals surface area contributed by atoms with E-state index in [1.807, 2.05) is 0 Å². The van der Waals surface area contributed by atoms with Gasteiger partial charge in [-0.25, -0.2) is 0 Å². The van der Waals surface area contributed by atoms with Crippen molar-refractivity contribution in [2.45, 2.75) is 44.9 Å². The first-order valence-corrected chi connectivity index (χ1v) is 8.57. The molecule has 0 aromatic heterocycles. The summed E-state index contributed by atoms with van der Waals surface area (Å²) in [6.07, 6.45) is 8.62. The van der Waals surface area contributed by atoms with Crippen LogP contribution in [0, 0.1) is 5.92 Å². The highest BCUT2D eigenvalue weighted by molar-refractivity contribution is 5.84. The van der Waals surface area contributed by atoms with Crippen LogP contribution in [-0.2, 0) is 0 Å². The molecule has 0 bridgehead atoms. The van der Waals surface area contributed by atoms with Crippen molar-refractivity contribution in [3.05, 3.63) is 54.6 Å². The molecule has 1 saturated carbocycles. The highest BCUT2D eigenvalue weighted by Gasteiger charge is 2.21. The van der Waals surface area contributed by atoms with Crippen molar-refractivity contribution in [2.75, 3.05) is 6.61 Å². The molecule has 1 aliphatic rings. The van der Waals surface area contributed by atoms with E-state index in [2.05, 4.69) is 49.9 Å². The molecule has 0 aliphatic heterocycles. The first kappa shape index (κ1) is 15.1. The lowest BCUT2D eigenvalue weighted by Gasteiger charge is -2.28. The summed E-state index contributed by atoms with van der Waals surface area (Å²) < 4.78 is 5.62. The summed E-state index contributed by atoms with van der Waals surface area (Å²) in [4.78, 5) is 0. The molecule has 2 aromatic rings. The topological polar surface area (TPSA) is 9.23 Å². The molecule has 1 nitrogen and oxygen atoms in total. The summed E-state index contributed by atoms with van der Waals surface area (Å²) in [6.45, 7) is 6.57. The molecular weight excluding hydrogens is 268 g/mol. The SMILES string of the molecule is C=CCOc1ccc2cc(C3CCC(CC)CC3)ccc2c1. The summed E-state index contributed by atoms with van der Waals surface area (Å²) in [5, 5.41) is 2.58. The Balaban J connectivity index is 1.77. The van der Waals surface area contributed by atoms with Crippen molar-refractivity contribution >= 4 is 10.8 Å². The van der Waals surface area contributed by atoms with Crippen molar-refractivity contribution < 1.29 is 4.74 Å². The van der Waals surface area contributed by atoms with Crippen molar-refractivity contribution in [1.29, 1.82) is 0 Å². The summed E-state index contributed by atoms with van der Waals surface area (Å²) in [7, 11) is 0. The van der Waals surface area contributed by atoms with Gasteiger partial charge in [0.15, 0.2) is 0 Å². The minimum atomic E-state index is 0.560. The molecule has 22 heavy (non-hydrogen) atoms. The van der Waals surface area contributed by atoms with Gasteiger partial charge in [-0.3, -0.25) is 0 Å². The molecule has 1 heteroatoms. The normalized spacial score (nSPS) is 21.7. The van der Waals surface area contributed by atoms with Crippen LogP contribution in [0.5, 0.6) is 5.75 Å². The van der Waals surface area contributed by atoms with Gasteiger partial charge >= 0.3 is 0 Å². The minimum Gasteiger partial charge on any atom is -0.490 e. The van der Waals surface area contributed by atoms with Crippen LogP contribution in [0.3, 0.4) is 0 Å². The zero-order chi connectivity index (χ0) is 15.4. The Bertz CT molecular complexity index is 635. The average molecular weight is 294 g/mol. The Morgan fingerprint density at radius 2 is 1.77 bits per heavy atom. The molecule has 0 N–H and O–H groups in total. The van der Waals surface area contributed by atoms with Crippen LogP contribution in [-0.4, -0.2) is 6.61 Å². The van der Waals surface area contributed by atoms with Gasteiger partial charge in [0, 0.05) is 0 Å². The molecule has 0 atom stereocenters. The summed E-state index contributed by atoms with van der Waals surface area (Å²) >= 11 is 0. The quantitative estimate of drug-likeness (QED) is 0.606. The second-order valence-corrected chi connectivity index (χ2v) is 6.49. The second kappa shape index (κ2) is 7.00. The highest BCUT2D eigenvalue weighted by Crippen LogP contribution is 2.38. The van der Waals surface area contributed by atoms with Gasteiger partial charge in [-0.2, -0.15) is 0 Å². The van der Waals surface area contributed by atoms with E-state index in [0.717, 1.165) is 17.6 Å². The Morgan fingerprint density at radius 3 is 2.50 bits per heavy atom. The predicted molar refractivity (Wildman–Crippen MR) is 94.6 cm³/mol. The van der Waals surface area contributed by atoms with Gasteiger partial charge in [0.1, 0.15) is 12.4 Å². The number of hydrogen-bond donors (Lipinski definition) is 0. The van der Waals surface area contributed by atoms with Gasteiger partial charge in [-0.15, -0.1) is 0 Å². The van der Waals surface area contributed by atoms with E-state index < -0.39 is 0 Å². The molecule has 0 saturated heterocycles. The van der Waals surface area contributed by atoms with Crippen LogP contribution in [0.15, 0.2) is 49.1 Å². The van der Waals surface area contributed by atoms with Gasteiger partial charge in [-0.05, 0) is 66.0 Å². The molecule has 0 spiro atoms. The Kier molecular flexibility index (Phi) is 4.82. The van der Waals surface area contributed by atoms with Gasteiger partial charge in [0.25, 0.3) is 0 Å². The largest absolute Gasteiger partial charge is 0.490 e. The van der Waals surface area contributed by atoms with Crippen molar-refractivity contribution in [3.63, 3.8) is 0 Å². The van der Waals surface area contributed by atoms with Crippen LogP contribution in [0.1, 0.15) is 50.5 Å². The molecule has 0 radical (unpaired) electrons. The maximum Gasteiger partial charge on any atom is 0.120 e. The molecule has 2 aromatic carbocycles. The highest BCUT2D eigenvalue weighted by atomic mass is 16.5. The van der Waals surface area contributed by atoms with Crippen LogP contribution in [0.4, 0.5) is 0 Å². The molecule has 1 fully saturated rings. The Morgan fingerprint density at radius 1 is 1.05 bits per heavy atom. The summed E-state index contributed by atoms with van der Waals surface area (Å²) in [6, 6.07) is 13.3. The third kappa shape index (κ3) is 3.35. The van der Waals surface area contributed by atoms with E-state index in [0.29, 0.717) is 6.61 Å². The fraction of sp³-hybridized carbons (Fsp3) is 0.429. The Labute approximate surface area is 134 Å². The Hall–Kier alpha value is -1.76. The van der Waals surface area contributed by atoms with Crippen LogP contribution < -0.4 is 4.74 Å². The fourth-order valence-electron chi connectivity index (χ4n) is 3.65. The lowest BCUT2D eigenvalue weighted by atomic mass is 9.77.